The Kier molecular flexibility index (Phi) is 3.80. The summed E-state index contributed by atoms with van der Waals surface area (Å²) in [4.78, 5) is 0. The number of hydrogen-bond acceptors (Lipinski definition) is 2. The van der Waals surface area contributed by atoms with E-state index in [1.807, 2.05) is 24.0 Å². The molecule has 112 valence electrons. The number of hydrogen-bond donors (Lipinski definition) is 1. The Morgan fingerprint density at radius 1 is 1.38 bits per heavy atom. The lowest BCUT2D eigenvalue weighted by Crippen LogP contribution is -2.32. The molecule has 0 spiro atoms. The first-order chi connectivity index (χ1) is 9.95. The molecule has 1 aromatic heterocycles. The lowest BCUT2D eigenvalue weighted by Gasteiger charge is -2.28. The van der Waals surface area contributed by atoms with E-state index in [4.69, 9.17) is 11.6 Å². The van der Waals surface area contributed by atoms with E-state index >= 15 is 0 Å². The van der Waals surface area contributed by atoms with Gasteiger partial charge in [-0.2, -0.15) is 5.10 Å². The first-order valence-electron chi connectivity index (χ1n) is 7.46. The second-order valence-electron chi connectivity index (χ2n) is 6.63. The molecule has 1 heterocycles. The summed E-state index contributed by atoms with van der Waals surface area (Å²) in [5.74, 6) is 0. The van der Waals surface area contributed by atoms with Gasteiger partial charge in [0.05, 0.1) is 5.69 Å². The van der Waals surface area contributed by atoms with Gasteiger partial charge < -0.3 is 5.32 Å². The molecule has 21 heavy (non-hydrogen) atoms. The first-order valence-corrected chi connectivity index (χ1v) is 7.84. The Hall–Kier alpha value is -1.32. The minimum Gasteiger partial charge on any atom is -0.309 e. The normalized spacial score (nSPS) is 19.7. The van der Waals surface area contributed by atoms with Crippen LogP contribution in [0.2, 0.25) is 5.02 Å². The van der Waals surface area contributed by atoms with Crippen molar-refractivity contribution in [3.05, 3.63) is 52.3 Å². The molecule has 0 bridgehead atoms. The summed E-state index contributed by atoms with van der Waals surface area (Å²) in [5.41, 5.74) is 4.12. The molecule has 3 rings (SSSR count). The number of fused-ring (bicyclic) bond motifs is 1. The Morgan fingerprint density at radius 2 is 2.19 bits per heavy atom. The molecule has 1 N–H and O–H groups in total. The average molecular weight is 304 g/mol. The van der Waals surface area contributed by atoms with Crippen molar-refractivity contribution in [2.24, 2.45) is 12.5 Å². The van der Waals surface area contributed by atoms with Crippen molar-refractivity contribution in [1.82, 2.24) is 15.1 Å². The molecule has 4 heteroatoms. The summed E-state index contributed by atoms with van der Waals surface area (Å²) in [5, 5.41) is 8.95. The van der Waals surface area contributed by atoms with Crippen LogP contribution in [0.3, 0.4) is 0 Å². The lowest BCUT2D eigenvalue weighted by molar-refractivity contribution is 0.270. The molecule has 1 aliphatic carbocycles. The Morgan fingerprint density at radius 3 is 2.90 bits per heavy atom. The van der Waals surface area contributed by atoms with Crippen LogP contribution in [0.4, 0.5) is 0 Å². The number of nitrogens with zero attached hydrogens (tertiary/aromatic N) is 2. The van der Waals surface area contributed by atoms with Crippen LogP contribution in [0.1, 0.15) is 36.7 Å². The number of aryl methyl sites for hydroxylation is 1. The van der Waals surface area contributed by atoms with E-state index in [1.54, 1.807) is 0 Å². The summed E-state index contributed by atoms with van der Waals surface area (Å²) in [6.07, 6.45) is 4.04. The summed E-state index contributed by atoms with van der Waals surface area (Å²) < 4.78 is 1.85. The van der Waals surface area contributed by atoms with Crippen LogP contribution in [-0.4, -0.2) is 16.3 Å². The van der Waals surface area contributed by atoms with Crippen molar-refractivity contribution in [3.8, 4) is 0 Å². The molecule has 0 aliphatic heterocycles. The molecule has 1 aromatic carbocycles. The van der Waals surface area contributed by atoms with Crippen LogP contribution in [-0.2, 0) is 19.9 Å². The van der Waals surface area contributed by atoms with Gasteiger partial charge in [-0.05, 0) is 41.2 Å². The minimum absolute atomic E-state index is 0.219. The maximum atomic E-state index is 6.17. The molecule has 2 aromatic rings. The van der Waals surface area contributed by atoms with Crippen molar-refractivity contribution in [1.29, 1.82) is 0 Å². The van der Waals surface area contributed by atoms with Crippen molar-refractivity contribution in [2.75, 3.05) is 6.54 Å². The Bertz CT molecular complexity index is 645. The molecule has 3 nitrogen and oxygen atoms in total. The van der Waals surface area contributed by atoms with Crippen LogP contribution in [0.5, 0.6) is 0 Å². The Balaban J connectivity index is 1.71. The van der Waals surface area contributed by atoms with E-state index in [0.717, 1.165) is 30.1 Å². The van der Waals surface area contributed by atoms with Gasteiger partial charge in [0.1, 0.15) is 0 Å². The highest BCUT2D eigenvalue weighted by atomic mass is 35.5. The molecule has 0 fully saturated rings. The van der Waals surface area contributed by atoms with E-state index in [-0.39, 0.29) is 5.41 Å². The molecule has 1 unspecified atom stereocenters. The summed E-state index contributed by atoms with van der Waals surface area (Å²) in [7, 11) is 1.95. The van der Waals surface area contributed by atoms with Gasteiger partial charge in [-0.15, -0.1) is 0 Å². The Labute approximate surface area is 131 Å². The summed E-state index contributed by atoms with van der Waals surface area (Å²) >= 11 is 6.17. The van der Waals surface area contributed by atoms with Gasteiger partial charge in [0, 0.05) is 37.3 Å². The van der Waals surface area contributed by atoms with Gasteiger partial charge in [-0.1, -0.05) is 31.5 Å². The van der Waals surface area contributed by atoms with Gasteiger partial charge in [-0.25, -0.2) is 0 Å². The van der Waals surface area contributed by atoms with Crippen molar-refractivity contribution < 1.29 is 0 Å². The number of halogens is 1. The molecular weight excluding hydrogens is 282 g/mol. The molecule has 0 saturated heterocycles. The number of nitrogens with one attached hydrogen (secondary N) is 1. The van der Waals surface area contributed by atoms with Crippen LogP contribution < -0.4 is 5.32 Å². The highest BCUT2D eigenvalue weighted by molar-refractivity contribution is 6.30. The lowest BCUT2D eigenvalue weighted by atomic mass is 9.85. The maximum Gasteiger partial charge on any atom is 0.0637 e. The van der Waals surface area contributed by atoms with Gasteiger partial charge in [0.25, 0.3) is 0 Å². The number of aromatic nitrogens is 2. The third-order valence-electron chi connectivity index (χ3n) is 4.34. The van der Waals surface area contributed by atoms with Crippen molar-refractivity contribution >= 4 is 11.6 Å². The zero-order valence-electron chi connectivity index (χ0n) is 12.9. The SMILES string of the molecule is Cn1ccc(CCNC2c3cc(Cl)ccc3CC2(C)C)n1. The molecular formula is C17H22ClN3. The van der Waals surface area contributed by atoms with Gasteiger partial charge in [0.15, 0.2) is 0 Å². The van der Waals surface area contributed by atoms with Crippen LogP contribution in [0.15, 0.2) is 30.5 Å². The topological polar surface area (TPSA) is 29.9 Å². The highest BCUT2D eigenvalue weighted by Gasteiger charge is 2.38. The molecule has 1 aliphatic rings. The van der Waals surface area contributed by atoms with Crippen molar-refractivity contribution in [3.63, 3.8) is 0 Å². The summed E-state index contributed by atoms with van der Waals surface area (Å²) in [6, 6.07) is 8.71. The van der Waals surface area contributed by atoms with E-state index < -0.39 is 0 Å². The largest absolute Gasteiger partial charge is 0.309 e. The zero-order valence-corrected chi connectivity index (χ0v) is 13.6. The average Bonchev–Trinajstić information content (AvgIpc) is 2.92. The van der Waals surface area contributed by atoms with E-state index in [2.05, 4.69) is 42.5 Å². The third-order valence-corrected chi connectivity index (χ3v) is 4.58. The van der Waals surface area contributed by atoms with E-state index in [1.165, 1.54) is 11.1 Å². The van der Waals surface area contributed by atoms with Crippen LogP contribution in [0.25, 0.3) is 0 Å². The minimum atomic E-state index is 0.219. The predicted octanol–water partition coefficient (Wildman–Crippen LogP) is 3.53. The molecule has 0 saturated carbocycles. The zero-order chi connectivity index (χ0) is 15.0. The third kappa shape index (κ3) is 2.99. The predicted molar refractivity (Wildman–Crippen MR) is 86.6 cm³/mol. The molecule has 0 radical (unpaired) electrons. The smallest absolute Gasteiger partial charge is 0.0637 e. The fraction of sp³-hybridized carbons (Fsp3) is 0.471. The molecule has 0 amide bonds. The number of benzene rings is 1. The highest BCUT2D eigenvalue weighted by Crippen LogP contribution is 2.45. The van der Waals surface area contributed by atoms with E-state index in [9.17, 15) is 0 Å². The standard InChI is InChI=1S/C17H22ClN3/c1-17(2)11-12-4-5-13(18)10-15(12)16(17)19-8-6-14-7-9-21(3)20-14/h4-5,7,9-10,16,19H,6,8,11H2,1-3H3. The van der Waals surface area contributed by atoms with E-state index in [0.29, 0.717) is 6.04 Å². The second-order valence-corrected chi connectivity index (χ2v) is 7.06. The maximum absolute atomic E-state index is 6.17. The van der Waals surface area contributed by atoms with Gasteiger partial charge >= 0.3 is 0 Å². The fourth-order valence-electron chi connectivity index (χ4n) is 3.34. The number of rotatable bonds is 4. The quantitative estimate of drug-likeness (QED) is 0.936. The first kappa shape index (κ1) is 14.6. The summed E-state index contributed by atoms with van der Waals surface area (Å²) in [6.45, 7) is 5.57. The van der Waals surface area contributed by atoms with Crippen LogP contribution in [0, 0.1) is 5.41 Å². The fourth-order valence-corrected chi connectivity index (χ4v) is 3.52. The monoisotopic (exact) mass is 303 g/mol. The second kappa shape index (κ2) is 5.47. The van der Waals surface area contributed by atoms with Gasteiger partial charge in [0.2, 0.25) is 0 Å². The van der Waals surface area contributed by atoms with Crippen molar-refractivity contribution in [2.45, 2.75) is 32.7 Å². The molecule has 1 atom stereocenters. The van der Waals surface area contributed by atoms with Crippen LogP contribution >= 0.6 is 11.6 Å². The van der Waals surface area contributed by atoms with Gasteiger partial charge in [-0.3, -0.25) is 4.68 Å².